The monoisotopic (exact) mass is 276 g/mol. The Morgan fingerprint density at radius 1 is 1.26 bits per heavy atom. The Kier molecular flexibility index (Phi) is 4.81. The van der Waals surface area contributed by atoms with E-state index < -0.39 is 5.92 Å². The third kappa shape index (κ3) is 3.71. The van der Waals surface area contributed by atoms with Gasteiger partial charge in [-0.05, 0) is 30.5 Å². The maximum absolute atomic E-state index is 12.2. The molecule has 1 amide bonds. The molecular weight excluding hydrogens is 260 g/mol. The fraction of sp³-hybridized carbons (Fsp3) is 0.467. The Balaban J connectivity index is 2.02. The maximum Gasteiger partial charge on any atom is 0.242 e. The van der Waals surface area contributed by atoms with Crippen molar-refractivity contribution in [1.29, 1.82) is 5.26 Å². The largest absolute Gasteiger partial charge is 0.352 e. The van der Waals surface area contributed by atoms with Crippen molar-refractivity contribution in [2.24, 2.45) is 0 Å². The summed E-state index contributed by atoms with van der Waals surface area (Å²) in [5.41, 5.74) is 0.695. The SMILES string of the molecule is N#CC(C(=O)NC1CCCCC1)c1ccc(Cl)cc1. The summed E-state index contributed by atoms with van der Waals surface area (Å²) >= 11 is 5.81. The Morgan fingerprint density at radius 2 is 1.89 bits per heavy atom. The number of amides is 1. The van der Waals surface area contributed by atoms with Crippen LogP contribution in [0.25, 0.3) is 0 Å². The van der Waals surface area contributed by atoms with Crippen molar-refractivity contribution in [2.75, 3.05) is 0 Å². The first-order valence-electron chi connectivity index (χ1n) is 6.66. The van der Waals surface area contributed by atoms with Crippen molar-refractivity contribution < 1.29 is 4.79 Å². The molecule has 3 nitrogen and oxygen atoms in total. The normalized spacial score (nSPS) is 17.5. The number of rotatable bonds is 3. The lowest BCUT2D eigenvalue weighted by Gasteiger charge is -2.23. The van der Waals surface area contributed by atoms with Gasteiger partial charge in [-0.2, -0.15) is 5.26 Å². The van der Waals surface area contributed by atoms with Crippen molar-refractivity contribution >= 4 is 17.5 Å². The zero-order valence-electron chi connectivity index (χ0n) is 10.7. The van der Waals surface area contributed by atoms with Crippen LogP contribution in [0.1, 0.15) is 43.6 Å². The van der Waals surface area contributed by atoms with Crippen LogP contribution >= 0.6 is 11.6 Å². The molecule has 1 aromatic rings. The van der Waals surface area contributed by atoms with E-state index >= 15 is 0 Å². The average Bonchev–Trinajstić information content (AvgIpc) is 2.43. The number of hydrogen-bond donors (Lipinski definition) is 1. The minimum Gasteiger partial charge on any atom is -0.352 e. The van der Waals surface area contributed by atoms with Crippen LogP contribution in [0.4, 0.5) is 0 Å². The van der Waals surface area contributed by atoms with Crippen LogP contribution in [0, 0.1) is 11.3 Å². The number of halogens is 1. The van der Waals surface area contributed by atoms with Crippen LogP contribution in [-0.4, -0.2) is 11.9 Å². The van der Waals surface area contributed by atoms with Gasteiger partial charge in [0, 0.05) is 11.1 Å². The van der Waals surface area contributed by atoms with Crippen molar-refractivity contribution in [1.82, 2.24) is 5.32 Å². The molecule has 0 saturated heterocycles. The van der Waals surface area contributed by atoms with E-state index in [1.54, 1.807) is 24.3 Å². The quantitative estimate of drug-likeness (QED) is 0.920. The van der Waals surface area contributed by atoms with Crippen LogP contribution in [0.2, 0.25) is 5.02 Å². The third-order valence-corrected chi connectivity index (χ3v) is 3.80. The zero-order valence-corrected chi connectivity index (χ0v) is 11.5. The van der Waals surface area contributed by atoms with Gasteiger partial charge in [0.05, 0.1) is 6.07 Å². The van der Waals surface area contributed by atoms with Crippen LogP contribution < -0.4 is 5.32 Å². The van der Waals surface area contributed by atoms with E-state index in [2.05, 4.69) is 11.4 Å². The highest BCUT2D eigenvalue weighted by atomic mass is 35.5. The molecule has 1 unspecified atom stereocenters. The Labute approximate surface area is 118 Å². The van der Waals surface area contributed by atoms with E-state index in [-0.39, 0.29) is 11.9 Å². The minimum atomic E-state index is -0.751. The molecule has 1 atom stereocenters. The van der Waals surface area contributed by atoms with E-state index in [0.717, 1.165) is 25.7 Å². The van der Waals surface area contributed by atoms with Crippen LogP contribution in [0.3, 0.4) is 0 Å². The second kappa shape index (κ2) is 6.58. The highest BCUT2D eigenvalue weighted by Gasteiger charge is 2.23. The van der Waals surface area contributed by atoms with Gasteiger partial charge in [-0.1, -0.05) is 43.0 Å². The average molecular weight is 277 g/mol. The van der Waals surface area contributed by atoms with Crippen LogP contribution in [0.5, 0.6) is 0 Å². The lowest BCUT2D eigenvalue weighted by molar-refractivity contribution is -0.122. The second-order valence-corrected chi connectivity index (χ2v) is 5.39. The molecule has 0 radical (unpaired) electrons. The van der Waals surface area contributed by atoms with Crippen molar-refractivity contribution in [3.05, 3.63) is 34.9 Å². The molecule has 1 fully saturated rings. The van der Waals surface area contributed by atoms with Gasteiger partial charge in [-0.3, -0.25) is 4.79 Å². The summed E-state index contributed by atoms with van der Waals surface area (Å²) in [6.45, 7) is 0. The predicted molar refractivity (Wildman–Crippen MR) is 74.8 cm³/mol. The first-order valence-corrected chi connectivity index (χ1v) is 7.04. The van der Waals surface area contributed by atoms with E-state index in [1.807, 2.05) is 0 Å². The van der Waals surface area contributed by atoms with Gasteiger partial charge in [0.25, 0.3) is 0 Å². The first-order chi connectivity index (χ1) is 9.20. The molecule has 0 bridgehead atoms. The summed E-state index contributed by atoms with van der Waals surface area (Å²) in [5, 5.41) is 12.8. The van der Waals surface area contributed by atoms with Gasteiger partial charge < -0.3 is 5.32 Å². The minimum absolute atomic E-state index is 0.197. The molecule has 1 saturated carbocycles. The van der Waals surface area contributed by atoms with Gasteiger partial charge in [-0.25, -0.2) is 0 Å². The zero-order chi connectivity index (χ0) is 13.7. The number of carbonyl (C=O) groups excluding carboxylic acids is 1. The number of nitrogens with one attached hydrogen (secondary N) is 1. The summed E-state index contributed by atoms with van der Waals surface area (Å²) in [4.78, 5) is 12.2. The Hall–Kier alpha value is -1.53. The molecule has 1 aromatic carbocycles. The molecule has 100 valence electrons. The van der Waals surface area contributed by atoms with Crippen molar-refractivity contribution in [3.63, 3.8) is 0 Å². The van der Waals surface area contributed by atoms with Crippen molar-refractivity contribution in [3.8, 4) is 6.07 Å². The fourth-order valence-corrected chi connectivity index (χ4v) is 2.60. The summed E-state index contributed by atoms with van der Waals surface area (Å²) in [6.07, 6.45) is 5.59. The first kappa shape index (κ1) is 13.9. The second-order valence-electron chi connectivity index (χ2n) is 4.96. The standard InChI is InChI=1S/C15H17ClN2O/c16-12-8-6-11(7-9-12)14(10-17)15(19)18-13-4-2-1-3-5-13/h6-9,13-14H,1-5H2,(H,18,19). The summed E-state index contributed by atoms with van der Waals surface area (Å²) in [5.74, 6) is -0.948. The van der Waals surface area contributed by atoms with E-state index in [0.29, 0.717) is 10.6 Å². The Morgan fingerprint density at radius 3 is 2.47 bits per heavy atom. The lowest BCUT2D eigenvalue weighted by Crippen LogP contribution is -2.38. The molecule has 2 rings (SSSR count). The molecule has 1 N–H and O–H groups in total. The van der Waals surface area contributed by atoms with Crippen LogP contribution in [-0.2, 0) is 4.79 Å². The molecule has 19 heavy (non-hydrogen) atoms. The Bertz CT molecular complexity index is 472. The number of benzene rings is 1. The number of carbonyl (C=O) groups is 1. The van der Waals surface area contributed by atoms with Gasteiger partial charge in [0.1, 0.15) is 5.92 Å². The smallest absolute Gasteiger partial charge is 0.242 e. The summed E-state index contributed by atoms with van der Waals surface area (Å²) in [7, 11) is 0. The van der Waals surface area contributed by atoms with Gasteiger partial charge in [0.2, 0.25) is 5.91 Å². The molecule has 4 heteroatoms. The number of nitrogens with zero attached hydrogens (tertiary/aromatic N) is 1. The molecule has 0 heterocycles. The van der Waals surface area contributed by atoms with E-state index in [1.165, 1.54) is 6.42 Å². The molecule has 1 aliphatic carbocycles. The van der Waals surface area contributed by atoms with Crippen LogP contribution in [0.15, 0.2) is 24.3 Å². The lowest BCUT2D eigenvalue weighted by atomic mass is 9.94. The highest BCUT2D eigenvalue weighted by molar-refractivity contribution is 6.30. The molecular formula is C15H17ClN2O. The fourth-order valence-electron chi connectivity index (χ4n) is 2.47. The number of nitriles is 1. The molecule has 0 aromatic heterocycles. The van der Waals surface area contributed by atoms with E-state index in [4.69, 9.17) is 11.6 Å². The van der Waals surface area contributed by atoms with Crippen molar-refractivity contribution in [2.45, 2.75) is 44.1 Å². The summed E-state index contributed by atoms with van der Waals surface area (Å²) in [6, 6.07) is 9.17. The molecule has 0 spiro atoms. The van der Waals surface area contributed by atoms with Gasteiger partial charge in [-0.15, -0.1) is 0 Å². The maximum atomic E-state index is 12.2. The number of hydrogen-bond acceptors (Lipinski definition) is 2. The van der Waals surface area contributed by atoms with Gasteiger partial charge >= 0.3 is 0 Å². The topological polar surface area (TPSA) is 52.9 Å². The summed E-state index contributed by atoms with van der Waals surface area (Å²) < 4.78 is 0. The third-order valence-electron chi connectivity index (χ3n) is 3.55. The molecule has 1 aliphatic rings. The van der Waals surface area contributed by atoms with E-state index in [9.17, 15) is 10.1 Å². The molecule has 0 aliphatic heterocycles. The van der Waals surface area contributed by atoms with Gasteiger partial charge in [0.15, 0.2) is 0 Å². The highest BCUT2D eigenvalue weighted by Crippen LogP contribution is 2.21. The predicted octanol–water partition coefficient (Wildman–Crippen LogP) is 3.40.